The predicted molar refractivity (Wildman–Crippen MR) is 74.3 cm³/mol. The summed E-state index contributed by atoms with van der Waals surface area (Å²) in [4.78, 5) is 0. The Labute approximate surface area is 103 Å². The van der Waals surface area contributed by atoms with Gasteiger partial charge in [0, 0.05) is 11.6 Å². The molecule has 1 N–H and O–H groups in total. The third-order valence-electron chi connectivity index (χ3n) is 3.74. The van der Waals surface area contributed by atoms with Crippen LogP contribution in [0.2, 0.25) is 0 Å². The van der Waals surface area contributed by atoms with Crippen molar-refractivity contribution in [2.24, 2.45) is 11.3 Å². The first kappa shape index (κ1) is 15.7. The maximum absolute atomic E-state index is 7.56. The molecule has 0 heterocycles. The van der Waals surface area contributed by atoms with E-state index in [1.807, 2.05) is 0 Å². The number of nitrogens with one attached hydrogen (secondary N) is 1. The molecule has 0 aliphatic rings. The van der Waals surface area contributed by atoms with Crippen LogP contribution in [0.5, 0.6) is 0 Å². The van der Waals surface area contributed by atoms with Gasteiger partial charge in [0.1, 0.15) is 0 Å². The Hall–Kier alpha value is -0.330. The zero-order valence-electron chi connectivity index (χ0n) is 11.8. The van der Waals surface area contributed by atoms with E-state index in [4.69, 9.17) is 5.41 Å². The van der Waals surface area contributed by atoms with Gasteiger partial charge in [-0.15, -0.1) is 0 Å². The maximum atomic E-state index is 7.56. The fourth-order valence-corrected chi connectivity index (χ4v) is 2.27. The molecular formula is C15H31N. The zero-order chi connectivity index (χ0) is 12.4. The fourth-order valence-electron chi connectivity index (χ4n) is 2.27. The van der Waals surface area contributed by atoms with Crippen molar-refractivity contribution < 1.29 is 0 Å². The van der Waals surface area contributed by atoms with Crippen molar-refractivity contribution in [3.05, 3.63) is 0 Å². The number of hydrogen-bond donors (Lipinski definition) is 1. The van der Waals surface area contributed by atoms with Gasteiger partial charge in [-0.1, -0.05) is 66.2 Å². The lowest BCUT2D eigenvalue weighted by molar-refractivity contribution is 0.263. The van der Waals surface area contributed by atoms with Gasteiger partial charge in [0.15, 0.2) is 0 Å². The first-order chi connectivity index (χ1) is 7.58. The Morgan fingerprint density at radius 2 is 1.50 bits per heavy atom. The number of unbranched alkanes of at least 4 members (excludes halogenated alkanes) is 4. The second-order valence-corrected chi connectivity index (χ2v) is 5.65. The SMILES string of the molecule is CCCCCCC(CCCC)C(C)(C)C=N. The Bertz CT molecular complexity index is 172. The summed E-state index contributed by atoms with van der Waals surface area (Å²) < 4.78 is 0. The van der Waals surface area contributed by atoms with Gasteiger partial charge < -0.3 is 5.41 Å². The van der Waals surface area contributed by atoms with Crippen LogP contribution in [0.15, 0.2) is 0 Å². The Balaban J connectivity index is 4.05. The van der Waals surface area contributed by atoms with Crippen molar-refractivity contribution in [2.75, 3.05) is 0 Å². The molecule has 1 unspecified atom stereocenters. The van der Waals surface area contributed by atoms with Crippen molar-refractivity contribution in [1.82, 2.24) is 0 Å². The van der Waals surface area contributed by atoms with Crippen LogP contribution in [0.25, 0.3) is 0 Å². The van der Waals surface area contributed by atoms with Crippen LogP contribution < -0.4 is 0 Å². The largest absolute Gasteiger partial charge is 0.313 e. The summed E-state index contributed by atoms with van der Waals surface area (Å²) in [5, 5.41) is 7.56. The quantitative estimate of drug-likeness (QED) is 0.378. The van der Waals surface area contributed by atoms with Gasteiger partial charge in [-0.05, 0) is 18.8 Å². The molecule has 0 amide bonds. The normalized spacial score (nSPS) is 13.8. The van der Waals surface area contributed by atoms with Crippen LogP contribution in [0, 0.1) is 16.7 Å². The molecule has 1 heteroatoms. The standard InChI is InChI=1S/C15H31N/c1-5-7-9-10-12-14(11-8-6-2)15(3,4)13-16/h13-14,16H,5-12H2,1-4H3. The van der Waals surface area contributed by atoms with E-state index in [9.17, 15) is 0 Å². The van der Waals surface area contributed by atoms with Gasteiger partial charge >= 0.3 is 0 Å². The van der Waals surface area contributed by atoms with Crippen molar-refractivity contribution >= 4 is 6.21 Å². The summed E-state index contributed by atoms with van der Waals surface area (Å²) in [5.74, 6) is 0.710. The monoisotopic (exact) mass is 225 g/mol. The first-order valence-corrected chi connectivity index (χ1v) is 7.10. The van der Waals surface area contributed by atoms with Crippen molar-refractivity contribution in [3.8, 4) is 0 Å². The van der Waals surface area contributed by atoms with Crippen molar-refractivity contribution in [3.63, 3.8) is 0 Å². The predicted octanol–water partition coefficient (Wildman–Crippen LogP) is 5.44. The average Bonchev–Trinajstić information content (AvgIpc) is 2.28. The van der Waals surface area contributed by atoms with Gasteiger partial charge in [0.05, 0.1) is 0 Å². The number of hydrogen-bond acceptors (Lipinski definition) is 1. The molecule has 0 spiro atoms. The minimum absolute atomic E-state index is 0.0986. The summed E-state index contributed by atoms with van der Waals surface area (Å²) in [6.07, 6.45) is 12.3. The summed E-state index contributed by atoms with van der Waals surface area (Å²) in [7, 11) is 0. The third kappa shape index (κ3) is 6.30. The molecule has 0 saturated heterocycles. The van der Waals surface area contributed by atoms with Crippen LogP contribution in [0.1, 0.15) is 79.1 Å². The topological polar surface area (TPSA) is 23.9 Å². The maximum Gasteiger partial charge on any atom is 0.00213 e. The molecule has 0 bridgehead atoms. The van der Waals surface area contributed by atoms with E-state index in [2.05, 4.69) is 27.7 Å². The molecule has 1 atom stereocenters. The molecule has 0 aliphatic heterocycles. The number of rotatable bonds is 10. The van der Waals surface area contributed by atoms with Crippen LogP contribution in [-0.4, -0.2) is 6.21 Å². The Morgan fingerprint density at radius 1 is 0.938 bits per heavy atom. The smallest absolute Gasteiger partial charge is 0.00213 e. The van der Waals surface area contributed by atoms with E-state index < -0.39 is 0 Å². The molecule has 96 valence electrons. The molecule has 0 rings (SSSR count). The third-order valence-corrected chi connectivity index (χ3v) is 3.74. The summed E-state index contributed by atoms with van der Waals surface area (Å²) in [6, 6.07) is 0. The molecule has 1 nitrogen and oxygen atoms in total. The second-order valence-electron chi connectivity index (χ2n) is 5.65. The van der Waals surface area contributed by atoms with E-state index in [0.717, 1.165) is 0 Å². The lowest BCUT2D eigenvalue weighted by Crippen LogP contribution is -2.25. The fraction of sp³-hybridized carbons (Fsp3) is 0.933. The highest BCUT2D eigenvalue weighted by Crippen LogP contribution is 2.33. The molecular weight excluding hydrogens is 194 g/mol. The highest BCUT2D eigenvalue weighted by atomic mass is 14.4. The van der Waals surface area contributed by atoms with Gasteiger partial charge in [0.2, 0.25) is 0 Å². The molecule has 0 aromatic heterocycles. The molecule has 0 radical (unpaired) electrons. The summed E-state index contributed by atoms with van der Waals surface area (Å²) in [5.41, 5.74) is 0.0986. The summed E-state index contributed by atoms with van der Waals surface area (Å²) in [6.45, 7) is 8.96. The van der Waals surface area contributed by atoms with Crippen LogP contribution in [-0.2, 0) is 0 Å². The van der Waals surface area contributed by atoms with E-state index in [1.165, 1.54) is 51.4 Å². The van der Waals surface area contributed by atoms with E-state index >= 15 is 0 Å². The lowest BCUT2D eigenvalue weighted by Gasteiger charge is -2.31. The highest BCUT2D eigenvalue weighted by molar-refractivity contribution is 5.61. The Morgan fingerprint density at radius 3 is 2.00 bits per heavy atom. The average molecular weight is 225 g/mol. The van der Waals surface area contributed by atoms with Gasteiger partial charge in [-0.2, -0.15) is 0 Å². The molecule has 0 aliphatic carbocycles. The van der Waals surface area contributed by atoms with Crippen molar-refractivity contribution in [2.45, 2.75) is 79.1 Å². The molecule has 0 aromatic carbocycles. The van der Waals surface area contributed by atoms with E-state index in [-0.39, 0.29) is 5.41 Å². The second kappa shape index (κ2) is 8.78. The minimum Gasteiger partial charge on any atom is -0.313 e. The van der Waals surface area contributed by atoms with Gasteiger partial charge in [0.25, 0.3) is 0 Å². The highest BCUT2D eigenvalue weighted by Gasteiger charge is 2.26. The minimum atomic E-state index is 0.0986. The van der Waals surface area contributed by atoms with Crippen LogP contribution in [0.4, 0.5) is 0 Å². The van der Waals surface area contributed by atoms with Gasteiger partial charge in [-0.25, -0.2) is 0 Å². The van der Waals surface area contributed by atoms with Crippen molar-refractivity contribution in [1.29, 1.82) is 5.41 Å². The molecule has 16 heavy (non-hydrogen) atoms. The van der Waals surface area contributed by atoms with Gasteiger partial charge in [-0.3, -0.25) is 0 Å². The van der Waals surface area contributed by atoms with Crippen LogP contribution >= 0.6 is 0 Å². The summed E-state index contributed by atoms with van der Waals surface area (Å²) >= 11 is 0. The first-order valence-electron chi connectivity index (χ1n) is 7.10. The molecule has 0 saturated carbocycles. The van der Waals surface area contributed by atoms with E-state index in [1.54, 1.807) is 6.21 Å². The molecule has 0 fully saturated rings. The Kier molecular flexibility index (Phi) is 8.60. The lowest BCUT2D eigenvalue weighted by atomic mass is 9.74. The van der Waals surface area contributed by atoms with Crippen LogP contribution in [0.3, 0.4) is 0 Å². The molecule has 0 aromatic rings. The van der Waals surface area contributed by atoms with E-state index in [0.29, 0.717) is 5.92 Å². The zero-order valence-corrected chi connectivity index (χ0v) is 11.8.